The molecular weight excluding hydrogens is 168 g/mol. The van der Waals surface area contributed by atoms with Crippen molar-refractivity contribution in [3.8, 4) is 0 Å². The van der Waals surface area contributed by atoms with Crippen LogP contribution in [-0.4, -0.2) is 27.2 Å². The molecule has 0 aliphatic carbocycles. The monoisotopic (exact) mass is 178 g/mol. The minimum absolute atomic E-state index is 0.243. The normalized spacial score (nSPS) is 11.8. The Morgan fingerprint density at radius 2 is 2.09 bits per heavy atom. The SMILES string of the molecule is CCOC(=O)/C=C/S(C)(=O)=O. The highest BCUT2D eigenvalue weighted by molar-refractivity contribution is 7.93. The molecule has 4 nitrogen and oxygen atoms in total. The second-order valence-corrected chi connectivity index (χ2v) is 3.82. The third kappa shape index (κ3) is 7.05. The first-order valence-electron chi connectivity index (χ1n) is 3.00. The van der Waals surface area contributed by atoms with Gasteiger partial charge in [-0.2, -0.15) is 0 Å². The molecule has 0 atom stereocenters. The van der Waals surface area contributed by atoms with Crippen LogP contribution in [0.1, 0.15) is 6.92 Å². The van der Waals surface area contributed by atoms with Gasteiger partial charge in [0.25, 0.3) is 0 Å². The molecule has 0 rings (SSSR count). The standard InChI is InChI=1S/C6H10O4S/c1-3-10-6(7)4-5-11(2,8)9/h4-5H,3H2,1-2H3/b5-4+. The van der Waals surface area contributed by atoms with E-state index >= 15 is 0 Å². The van der Waals surface area contributed by atoms with Crippen LogP contribution in [0.3, 0.4) is 0 Å². The molecule has 5 heteroatoms. The van der Waals surface area contributed by atoms with E-state index in [1.54, 1.807) is 6.92 Å². The maximum Gasteiger partial charge on any atom is 0.331 e. The Kier molecular flexibility index (Phi) is 3.81. The van der Waals surface area contributed by atoms with E-state index in [1.165, 1.54) is 0 Å². The third-order valence-electron chi connectivity index (χ3n) is 0.738. The molecule has 0 aromatic heterocycles. The van der Waals surface area contributed by atoms with Crippen molar-refractivity contribution in [3.63, 3.8) is 0 Å². The summed E-state index contributed by atoms with van der Waals surface area (Å²) in [6, 6.07) is 0. The summed E-state index contributed by atoms with van der Waals surface area (Å²) >= 11 is 0. The van der Waals surface area contributed by atoms with Gasteiger partial charge in [0.2, 0.25) is 0 Å². The van der Waals surface area contributed by atoms with Crippen molar-refractivity contribution in [2.45, 2.75) is 6.92 Å². The van der Waals surface area contributed by atoms with Gasteiger partial charge in [-0.15, -0.1) is 0 Å². The van der Waals surface area contributed by atoms with E-state index in [9.17, 15) is 13.2 Å². The Morgan fingerprint density at radius 1 is 1.55 bits per heavy atom. The summed E-state index contributed by atoms with van der Waals surface area (Å²) in [6.07, 6.45) is 1.89. The molecule has 0 bridgehead atoms. The van der Waals surface area contributed by atoms with Crippen molar-refractivity contribution in [2.24, 2.45) is 0 Å². The van der Waals surface area contributed by atoms with E-state index in [-0.39, 0.29) is 6.61 Å². The van der Waals surface area contributed by atoms with Gasteiger partial charge in [0, 0.05) is 17.7 Å². The smallest absolute Gasteiger partial charge is 0.331 e. The maximum absolute atomic E-state index is 10.5. The Morgan fingerprint density at radius 3 is 2.45 bits per heavy atom. The minimum atomic E-state index is -3.22. The van der Waals surface area contributed by atoms with Gasteiger partial charge in [-0.05, 0) is 6.92 Å². The second kappa shape index (κ2) is 4.12. The average Bonchev–Trinajstić information content (AvgIpc) is 1.83. The van der Waals surface area contributed by atoms with Gasteiger partial charge >= 0.3 is 5.97 Å². The first-order chi connectivity index (χ1) is 4.95. The van der Waals surface area contributed by atoms with E-state index in [1.807, 2.05) is 0 Å². The first kappa shape index (κ1) is 10.2. The van der Waals surface area contributed by atoms with Gasteiger partial charge < -0.3 is 4.74 Å². The Labute approximate surface area is 65.8 Å². The summed E-state index contributed by atoms with van der Waals surface area (Å²) in [5.41, 5.74) is 0. The lowest BCUT2D eigenvalue weighted by Crippen LogP contribution is -2.00. The molecule has 0 aromatic rings. The third-order valence-corrected chi connectivity index (χ3v) is 1.37. The summed E-state index contributed by atoms with van der Waals surface area (Å²) < 4.78 is 25.3. The molecule has 0 N–H and O–H groups in total. The van der Waals surface area contributed by atoms with Crippen LogP contribution in [0.4, 0.5) is 0 Å². The molecular formula is C6H10O4S. The fraction of sp³-hybridized carbons (Fsp3) is 0.500. The van der Waals surface area contributed by atoms with Gasteiger partial charge in [0.1, 0.15) is 0 Å². The number of rotatable bonds is 3. The van der Waals surface area contributed by atoms with Crippen molar-refractivity contribution in [3.05, 3.63) is 11.5 Å². The quantitative estimate of drug-likeness (QED) is 0.454. The van der Waals surface area contributed by atoms with Crippen molar-refractivity contribution in [1.29, 1.82) is 0 Å². The van der Waals surface area contributed by atoms with Gasteiger partial charge in [0.15, 0.2) is 9.84 Å². The highest BCUT2D eigenvalue weighted by atomic mass is 32.2. The molecule has 0 fully saturated rings. The lowest BCUT2D eigenvalue weighted by molar-refractivity contribution is -0.137. The van der Waals surface area contributed by atoms with Crippen molar-refractivity contribution < 1.29 is 17.9 Å². The van der Waals surface area contributed by atoms with Crippen LogP contribution >= 0.6 is 0 Å². The Hall–Kier alpha value is -0.840. The fourth-order valence-corrected chi connectivity index (χ4v) is 0.728. The van der Waals surface area contributed by atoms with Crippen LogP contribution in [-0.2, 0) is 19.4 Å². The van der Waals surface area contributed by atoms with Crippen LogP contribution in [0.25, 0.3) is 0 Å². The molecule has 0 aromatic carbocycles. The first-order valence-corrected chi connectivity index (χ1v) is 4.96. The highest BCUT2D eigenvalue weighted by Crippen LogP contribution is 1.87. The summed E-state index contributed by atoms with van der Waals surface area (Å²) in [4.78, 5) is 10.5. The number of carbonyl (C=O) groups is 1. The van der Waals surface area contributed by atoms with Crippen molar-refractivity contribution in [1.82, 2.24) is 0 Å². The largest absolute Gasteiger partial charge is 0.463 e. The lowest BCUT2D eigenvalue weighted by Gasteiger charge is -1.92. The fourth-order valence-electron chi connectivity index (χ4n) is 0.370. The summed E-state index contributed by atoms with van der Waals surface area (Å²) in [5.74, 6) is -0.641. The molecule has 0 unspecified atom stereocenters. The minimum Gasteiger partial charge on any atom is -0.463 e. The number of carbonyl (C=O) groups excluding carboxylic acids is 1. The zero-order chi connectivity index (χ0) is 8.91. The van der Waals surface area contributed by atoms with Crippen LogP contribution < -0.4 is 0 Å². The van der Waals surface area contributed by atoms with E-state index in [0.717, 1.165) is 17.7 Å². The van der Waals surface area contributed by atoms with E-state index < -0.39 is 15.8 Å². The highest BCUT2D eigenvalue weighted by Gasteiger charge is 1.97. The Balaban J connectivity index is 4.05. The van der Waals surface area contributed by atoms with E-state index in [2.05, 4.69) is 4.74 Å². The van der Waals surface area contributed by atoms with E-state index in [4.69, 9.17) is 0 Å². The zero-order valence-electron chi connectivity index (χ0n) is 6.40. The van der Waals surface area contributed by atoms with Crippen molar-refractivity contribution >= 4 is 15.8 Å². The van der Waals surface area contributed by atoms with Crippen LogP contribution in [0.2, 0.25) is 0 Å². The molecule has 0 spiro atoms. The topological polar surface area (TPSA) is 60.4 Å². The summed E-state index contributed by atoms with van der Waals surface area (Å²) in [5, 5.41) is 0.811. The molecule has 0 amide bonds. The lowest BCUT2D eigenvalue weighted by atomic mass is 10.6. The second-order valence-electron chi connectivity index (χ2n) is 1.88. The van der Waals surface area contributed by atoms with Crippen molar-refractivity contribution in [2.75, 3.05) is 12.9 Å². The number of ether oxygens (including phenoxy) is 1. The molecule has 0 radical (unpaired) electrons. The number of hydrogen-bond acceptors (Lipinski definition) is 4. The van der Waals surface area contributed by atoms with Gasteiger partial charge in [0.05, 0.1) is 6.61 Å². The molecule has 0 saturated heterocycles. The molecule has 0 aliphatic heterocycles. The number of sulfone groups is 1. The molecule has 64 valence electrons. The van der Waals surface area contributed by atoms with Crippen LogP contribution in [0.15, 0.2) is 11.5 Å². The zero-order valence-corrected chi connectivity index (χ0v) is 7.22. The maximum atomic E-state index is 10.5. The summed E-state index contributed by atoms with van der Waals surface area (Å²) in [6.45, 7) is 1.89. The van der Waals surface area contributed by atoms with Gasteiger partial charge in [-0.3, -0.25) is 0 Å². The van der Waals surface area contributed by atoms with Gasteiger partial charge in [-0.25, -0.2) is 13.2 Å². The predicted molar refractivity (Wildman–Crippen MR) is 40.6 cm³/mol. The Bertz CT molecular complexity index is 250. The predicted octanol–water partition coefficient (Wildman–Crippen LogP) is 0.108. The van der Waals surface area contributed by atoms with Crippen LogP contribution in [0, 0.1) is 0 Å². The number of hydrogen-bond donors (Lipinski definition) is 0. The molecule has 0 heterocycles. The van der Waals surface area contributed by atoms with Gasteiger partial charge in [-0.1, -0.05) is 0 Å². The molecule has 0 aliphatic rings. The van der Waals surface area contributed by atoms with E-state index in [0.29, 0.717) is 0 Å². The molecule has 0 saturated carbocycles. The molecule has 11 heavy (non-hydrogen) atoms. The summed E-state index contributed by atoms with van der Waals surface area (Å²) in [7, 11) is -3.22. The average molecular weight is 178 g/mol. The van der Waals surface area contributed by atoms with Crippen LogP contribution in [0.5, 0.6) is 0 Å². The number of esters is 1.